The fraction of sp³-hybridized carbons (Fsp3) is 0.292. The molecule has 0 bridgehead atoms. The molecule has 0 saturated heterocycles. The lowest BCUT2D eigenvalue weighted by Crippen LogP contribution is -2.16. The monoisotopic (exact) mass is 534 g/mol. The summed E-state index contributed by atoms with van der Waals surface area (Å²) in [5, 5.41) is 11.4. The van der Waals surface area contributed by atoms with Crippen molar-refractivity contribution in [2.45, 2.75) is 48.3 Å². The fourth-order valence-electron chi connectivity index (χ4n) is 3.34. The summed E-state index contributed by atoms with van der Waals surface area (Å²) >= 11 is 3.20. The molecule has 3 N–H and O–H groups in total. The van der Waals surface area contributed by atoms with Gasteiger partial charge in [-0.15, -0.1) is 11.3 Å². The summed E-state index contributed by atoms with van der Waals surface area (Å²) in [6, 6.07) is 12.7. The number of carbonyl (C=O) groups is 2. The molecule has 1 aromatic heterocycles. The highest BCUT2D eigenvalue weighted by Gasteiger charge is 2.20. The van der Waals surface area contributed by atoms with E-state index in [0.29, 0.717) is 24.3 Å². The van der Waals surface area contributed by atoms with Crippen LogP contribution in [0.4, 0.5) is 5.69 Å². The zero-order chi connectivity index (χ0) is 25.4. The third-order valence-electron chi connectivity index (χ3n) is 4.99. The second-order valence-corrected chi connectivity index (χ2v) is 11.6. The molecule has 8 nitrogen and oxygen atoms in total. The number of hydrogen-bond donors (Lipinski definition) is 3. The van der Waals surface area contributed by atoms with E-state index in [4.69, 9.17) is 10.1 Å². The number of aliphatic carboxylic acids is 1. The van der Waals surface area contributed by atoms with Gasteiger partial charge in [-0.1, -0.05) is 49.4 Å². The number of aromatic nitrogens is 1. The highest BCUT2D eigenvalue weighted by atomic mass is 32.2. The summed E-state index contributed by atoms with van der Waals surface area (Å²) < 4.78 is 33.4. The van der Waals surface area contributed by atoms with Crippen molar-refractivity contribution in [1.29, 1.82) is 0 Å². The second kappa shape index (κ2) is 12.3. The Morgan fingerprint density at radius 1 is 1.11 bits per heavy atom. The maximum absolute atomic E-state index is 12.6. The molecule has 0 aliphatic rings. The molecule has 3 rings (SSSR count). The zero-order valence-electron chi connectivity index (χ0n) is 19.1. The lowest BCUT2D eigenvalue weighted by atomic mass is 10.1. The maximum Gasteiger partial charge on any atom is 0.303 e. The Morgan fingerprint density at radius 3 is 2.49 bits per heavy atom. The topological polar surface area (TPSA) is 134 Å². The van der Waals surface area contributed by atoms with E-state index >= 15 is 0 Å². The van der Waals surface area contributed by atoms with Crippen molar-refractivity contribution in [2.75, 3.05) is 11.1 Å². The van der Waals surface area contributed by atoms with Crippen molar-refractivity contribution in [3.05, 3.63) is 70.2 Å². The zero-order valence-corrected chi connectivity index (χ0v) is 21.5. The van der Waals surface area contributed by atoms with E-state index in [1.54, 1.807) is 35.2 Å². The van der Waals surface area contributed by atoms with Crippen LogP contribution >= 0.6 is 23.1 Å². The number of thiazole rings is 1. The SMILES string of the molecule is CCCc1nc(SCCCC(=O)O)sc1Cc1ccc(NC(=O)c2ccccc2S(=O)(=O)O)cc1. The van der Waals surface area contributed by atoms with Crippen LogP contribution in [0.2, 0.25) is 0 Å². The Kier molecular flexibility index (Phi) is 9.44. The minimum atomic E-state index is -4.52. The molecular formula is C24H26N2O6S3. The van der Waals surface area contributed by atoms with E-state index in [1.165, 1.54) is 24.3 Å². The predicted octanol–water partition coefficient (Wildman–Crippen LogP) is 5.14. The summed E-state index contributed by atoms with van der Waals surface area (Å²) in [5.41, 5.74) is 2.44. The van der Waals surface area contributed by atoms with E-state index in [0.717, 1.165) is 33.3 Å². The van der Waals surface area contributed by atoms with Crippen LogP contribution in [-0.4, -0.2) is 40.7 Å². The first kappa shape index (κ1) is 26.9. The Bertz CT molecular complexity index is 1290. The van der Waals surface area contributed by atoms with E-state index in [1.807, 2.05) is 12.1 Å². The summed E-state index contributed by atoms with van der Waals surface area (Å²) in [4.78, 5) is 28.7. The minimum Gasteiger partial charge on any atom is -0.481 e. The number of rotatable bonds is 12. The number of thioether (sulfide) groups is 1. The molecule has 0 atom stereocenters. The molecule has 0 saturated carbocycles. The molecule has 2 aromatic carbocycles. The standard InChI is InChI=1S/C24H26N2O6S3/c1-2-6-19-20(34-24(26-19)33-14-5-9-22(27)28)15-16-10-12-17(13-11-16)25-23(29)18-7-3-4-8-21(18)35(30,31)32/h3-4,7-8,10-13H,2,5-6,9,14-15H2,1H3,(H,25,29)(H,27,28)(H,30,31,32). The molecule has 0 radical (unpaired) electrons. The highest BCUT2D eigenvalue weighted by Crippen LogP contribution is 2.31. The molecule has 0 aliphatic carbocycles. The van der Waals surface area contributed by atoms with Crippen LogP contribution in [0.15, 0.2) is 57.8 Å². The highest BCUT2D eigenvalue weighted by molar-refractivity contribution is 8.01. The number of benzene rings is 2. The largest absolute Gasteiger partial charge is 0.481 e. The van der Waals surface area contributed by atoms with Crippen LogP contribution in [0.5, 0.6) is 0 Å². The first-order chi connectivity index (χ1) is 16.7. The van der Waals surface area contributed by atoms with E-state index in [2.05, 4.69) is 12.2 Å². The minimum absolute atomic E-state index is 0.138. The molecule has 0 aliphatic heterocycles. The maximum atomic E-state index is 12.6. The number of carboxylic acid groups (broad SMARTS) is 1. The number of anilines is 1. The molecule has 35 heavy (non-hydrogen) atoms. The van der Waals surface area contributed by atoms with Crippen molar-refractivity contribution in [3.63, 3.8) is 0 Å². The van der Waals surface area contributed by atoms with Crippen LogP contribution in [-0.2, 0) is 27.8 Å². The summed E-state index contributed by atoms with van der Waals surface area (Å²) in [6.45, 7) is 2.10. The van der Waals surface area contributed by atoms with Gasteiger partial charge in [0.1, 0.15) is 9.24 Å². The van der Waals surface area contributed by atoms with E-state index < -0.39 is 26.9 Å². The Hall–Kier alpha value is -2.73. The van der Waals surface area contributed by atoms with Crippen LogP contribution in [0.3, 0.4) is 0 Å². The fourth-order valence-corrected chi connectivity index (χ4v) is 6.33. The van der Waals surface area contributed by atoms with Crippen molar-refractivity contribution in [2.24, 2.45) is 0 Å². The summed E-state index contributed by atoms with van der Waals surface area (Å²) in [7, 11) is -4.52. The molecule has 0 unspecified atom stereocenters. The first-order valence-electron chi connectivity index (χ1n) is 11.0. The van der Waals surface area contributed by atoms with Crippen LogP contribution in [0.25, 0.3) is 0 Å². The third-order valence-corrected chi connectivity index (χ3v) is 8.23. The molecule has 0 fully saturated rings. The Morgan fingerprint density at radius 2 is 1.83 bits per heavy atom. The number of aryl methyl sites for hydroxylation is 1. The average Bonchev–Trinajstić information content (AvgIpc) is 3.18. The number of nitrogens with zero attached hydrogens (tertiary/aromatic N) is 1. The van der Waals surface area contributed by atoms with Gasteiger partial charge in [0.25, 0.3) is 16.0 Å². The number of hydrogen-bond acceptors (Lipinski definition) is 7. The third kappa shape index (κ3) is 7.89. The lowest BCUT2D eigenvalue weighted by Gasteiger charge is -2.09. The Labute approximate surface area is 212 Å². The van der Waals surface area contributed by atoms with Gasteiger partial charge >= 0.3 is 5.97 Å². The van der Waals surface area contributed by atoms with E-state index in [-0.39, 0.29) is 12.0 Å². The first-order valence-corrected chi connectivity index (χ1v) is 14.2. The van der Waals surface area contributed by atoms with Crippen molar-refractivity contribution in [3.8, 4) is 0 Å². The smallest absolute Gasteiger partial charge is 0.303 e. The van der Waals surface area contributed by atoms with Crippen molar-refractivity contribution < 1.29 is 27.7 Å². The van der Waals surface area contributed by atoms with Gasteiger partial charge in [-0.25, -0.2) is 4.98 Å². The van der Waals surface area contributed by atoms with Gasteiger partial charge in [-0.2, -0.15) is 8.42 Å². The van der Waals surface area contributed by atoms with Crippen molar-refractivity contribution in [1.82, 2.24) is 4.98 Å². The van der Waals surface area contributed by atoms with Gasteiger partial charge in [-0.05, 0) is 42.7 Å². The molecule has 1 amide bonds. The number of carbonyl (C=O) groups excluding carboxylic acids is 1. The normalized spacial score (nSPS) is 11.4. The van der Waals surface area contributed by atoms with Crippen molar-refractivity contribution >= 4 is 50.8 Å². The average molecular weight is 535 g/mol. The number of nitrogens with one attached hydrogen (secondary N) is 1. The predicted molar refractivity (Wildman–Crippen MR) is 137 cm³/mol. The molecule has 3 aromatic rings. The lowest BCUT2D eigenvalue weighted by molar-refractivity contribution is -0.137. The number of amides is 1. The Balaban J connectivity index is 1.67. The van der Waals surface area contributed by atoms with Crippen LogP contribution in [0, 0.1) is 0 Å². The number of carboxylic acids is 1. The van der Waals surface area contributed by atoms with Gasteiger partial charge in [0.05, 0.1) is 11.3 Å². The second-order valence-electron chi connectivity index (χ2n) is 7.74. The van der Waals surface area contributed by atoms with Gasteiger partial charge < -0.3 is 10.4 Å². The van der Waals surface area contributed by atoms with E-state index in [9.17, 15) is 22.6 Å². The summed E-state index contributed by atoms with van der Waals surface area (Å²) in [5.74, 6) is -0.720. The van der Waals surface area contributed by atoms with Crippen LogP contribution < -0.4 is 5.32 Å². The summed E-state index contributed by atoms with van der Waals surface area (Å²) in [6.07, 6.45) is 3.26. The molecule has 0 spiro atoms. The molecule has 186 valence electrons. The van der Waals surface area contributed by atoms with Gasteiger partial charge in [0, 0.05) is 29.2 Å². The molecule has 1 heterocycles. The van der Waals surface area contributed by atoms with Crippen LogP contribution in [0.1, 0.15) is 52.7 Å². The molecule has 11 heteroatoms. The van der Waals surface area contributed by atoms with Gasteiger partial charge in [0.15, 0.2) is 0 Å². The molecular weight excluding hydrogens is 508 g/mol. The quantitative estimate of drug-likeness (QED) is 0.165. The van der Waals surface area contributed by atoms with Gasteiger partial charge in [-0.3, -0.25) is 14.1 Å². The van der Waals surface area contributed by atoms with Gasteiger partial charge in [0.2, 0.25) is 0 Å².